The Morgan fingerprint density at radius 1 is 1.15 bits per heavy atom. The van der Waals surface area contributed by atoms with Crippen LogP contribution in [0.4, 0.5) is 8.78 Å². The van der Waals surface area contributed by atoms with E-state index in [9.17, 15) is 17.8 Å². The van der Waals surface area contributed by atoms with Gasteiger partial charge in [-0.1, -0.05) is 5.92 Å². The lowest BCUT2D eigenvalue weighted by Gasteiger charge is -2.28. The third-order valence-corrected chi connectivity index (χ3v) is 7.18. The van der Waals surface area contributed by atoms with E-state index in [1.165, 1.54) is 0 Å². The maximum atomic E-state index is 12.4. The van der Waals surface area contributed by atoms with Crippen LogP contribution in [0.3, 0.4) is 0 Å². The monoisotopic (exact) mass is 486 g/mol. The molecule has 1 unspecified atom stereocenters. The summed E-state index contributed by atoms with van der Waals surface area (Å²) >= 11 is 0. The third-order valence-electron chi connectivity index (χ3n) is 5.64. The lowest BCUT2D eigenvalue weighted by atomic mass is 10.1. The smallest absolute Gasteiger partial charge is 0.250 e. The van der Waals surface area contributed by atoms with Crippen LogP contribution in [0.2, 0.25) is 0 Å². The van der Waals surface area contributed by atoms with Gasteiger partial charge in [0, 0.05) is 66.3 Å². The number of carbonyl (C=O) groups excluding carboxylic acids is 1. The Balaban J connectivity index is 0.000000302. The molecule has 9 heteroatoms. The molecule has 0 spiro atoms. The lowest BCUT2D eigenvalue weighted by molar-refractivity contribution is -0.0504. The fraction of sp³-hybridized carbons (Fsp3) is 0.400. The number of likely N-dealkylation sites (tertiary alicyclic amines) is 1. The lowest BCUT2D eigenvalue weighted by Crippen LogP contribution is -2.36. The Hall–Kier alpha value is -2.96. The highest BCUT2D eigenvalue weighted by Crippen LogP contribution is 2.26. The first-order chi connectivity index (χ1) is 16.0. The molecule has 1 aliphatic rings. The number of pyridine rings is 2. The summed E-state index contributed by atoms with van der Waals surface area (Å²) in [5, 5.41) is 0.889. The minimum atomic E-state index is -2.38. The van der Waals surface area contributed by atoms with E-state index in [-0.39, 0.29) is 12.8 Å². The van der Waals surface area contributed by atoms with Crippen LogP contribution in [0.1, 0.15) is 42.7 Å². The molecule has 4 heterocycles. The van der Waals surface area contributed by atoms with Crippen LogP contribution in [0.15, 0.2) is 42.9 Å². The molecule has 0 aromatic carbocycles. The minimum absolute atomic E-state index is 0.0312. The molecule has 0 amide bonds. The van der Waals surface area contributed by atoms with Crippen molar-refractivity contribution in [2.24, 2.45) is 0 Å². The van der Waals surface area contributed by atoms with Gasteiger partial charge in [-0.15, -0.1) is 0 Å². The summed E-state index contributed by atoms with van der Waals surface area (Å²) in [5.74, 6) is 3.60. The van der Waals surface area contributed by atoms with E-state index in [0.717, 1.165) is 23.0 Å². The fourth-order valence-corrected chi connectivity index (χ4v) is 3.34. The second kappa shape index (κ2) is 10.5. The zero-order valence-electron chi connectivity index (χ0n) is 19.7. The summed E-state index contributed by atoms with van der Waals surface area (Å²) in [7, 11) is 0.835. The highest BCUT2D eigenvalue weighted by atomic mass is 32.2. The predicted molar refractivity (Wildman–Crippen MR) is 131 cm³/mol. The van der Waals surface area contributed by atoms with E-state index in [4.69, 9.17) is 0 Å². The maximum absolute atomic E-state index is 12.4. The standard InChI is InChI=1S/C19H17N3O2S.C6H11F2N/c1-19(2,25(3)24)8-6-16-4-5-17(12-20-16)22-9-7-15-10-14(13-23)11-21-18(15)22;1-9-4-2-6(7,8)3-5-9/h4-5,7,9-13H,1-3H3;2-5H2,1H3. The first-order valence-corrected chi connectivity index (χ1v) is 12.4. The van der Waals surface area contributed by atoms with Gasteiger partial charge < -0.3 is 4.90 Å². The number of carbonyl (C=O) groups is 1. The van der Waals surface area contributed by atoms with E-state index < -0.39 is 21.5 Å². The van der Waals surface area contributed by atoms with Gasteiger partial charge in [0.15, 0.2) is 6.29 Å². The number of piperidine rings is 1. The van der Waals surface area contributed by atoms with Crippen molar-refractivity contribution in [1.82, 2.24) is 19.4 Å². The van der Waals surface area contributed by atoms with Crippen LogP contribution >= 0.6 is 0 Å². The number of aldehydes is 1. The summed E-state index contributed by atoms with van der Waals surface area (Å²) in [6.07, 6.45) is 7.64. The highest BCUT2D eigenvalue weighted by molar-refractivity contribution is 7.85. The van der Waals surface area contributed by atoms with Crippen molar-refractivity contribution in [3.05, 3.63) is 54.1 Å². The van der Waals surface area contributed by atoms with Crippen molar-refractivity contribution < 1.29 is 17.8 Å². The molecule has 1 atom stereocenters. The van der Waals surface area contributed by atoms with Crippen molar-refractivity contribution in [3.63, 3.8) is 0 Å². The largest absolute Gasteiger partial charge is 0.306 e. The van der Waals surface area contributed by atoms with Crippen LogP contribution < -0.4 is 0 Å². The molecule has 34 heavy (non-hydrogen) atoms. The Morgan fingerprint density at radius 3 is 2.41 bits per heavy atom. The quantitative estimate of drug-likeness (QED) is 0.412. The third kappa shape index (κ3) is 6.55. The molecule has 6 nitrogen and oxygen atoms in total. The molecule has 0 radical (unpaired) electrons. The van der Waals surface area contributed by atoms with Gasteiger partial charge in [-0.05, 0) is 51.1 Å². The van der Waals surface area contributed by atoms with Crippen molar-refractivity contribution >= 4 is 28.1 Å². The Kier molecular flexibility index (Phi) is 7.95. The van der Waals surface area contributed by atoms with E-state index in [1.54, 1.807) is 24.7 Å². The molecule has 0 N–H and O–H groups in total. The predicted octanol–water partition coefficient (Wildman–Crippen LogP) is 4.09. The van der Waals surface area contributed by atoms with Gasteiger partial charge in [-0.25, -0.2) is 18.7 Å². The Bertz CT molecular complexity index is 1230. The van der Waals surface area contributed by atoms with E-state index >= 15 is 0 Å². The summed E-state index contributed by atoms with van der Waals surface area (Å²) in [5.41, 5.74) is 2.78. The van der Waals surface area contributed by atoms with Gasteiger partial charge in [-0.3, -0.25) is 13.6 Å². The van der Waals surface area contributed by atoms with Gasteiger partial charge >= 0.3 is 0 Å². The second-order valence-electron chi connectivity index (χ2n) is 8.76. The van der Waals surface area contributed by atoms with Crippen LogP contribution in [0.5, 0.6) is 0 Å². The Labute approximate surface area is 200 Å². The molecule has 1 saturated heterocycles. The number of hydrogen-bond acceptors (Lipinski definition) is 5. The number of rotatable bonds is 3. The number of nitrogens with zero attached hydrogens (tertiary/aromatic N) is 4. The normalized spacial score (nSPS) is 16.6. The van der Waals surface area contributed by atoms with Crippen molar-refractivity contribution in [1.29, 1.82) is 0 Å². The van der Waals surface area contributed by atoms with Crippen LogP contribution in [0, 0.1) is 11.8 Å². The van der Waals surface area contributed by atoms with Gasteiger partial charge in [-0.2, -0.15) is 0 Å². The van der Waals surface area contributed by atoms with Crippen molar-refractivity contribution in [3.8, 4) is 17.5 Å². The molecule has 4 rings (SSSR count). The summed E-state index contributed by atoms with van der Waals surface area (Å²) in [4.78, 5) is 21.5. The number of aromatic nitrogens is 3. The van der Waals surface area contributed by atoms with Crippen LogP contribution in [-0.4, -0.2) is 67.0 Å². The molecule has 180 valence electrons. The zero-order valence-corrected chi connectivity index (χ0v) is 20.5. The number of halogens is 2. The van der Waals surface area contributed by atoms with Gasteiger partial charge in [0.1, 0.15) is 16.1 Å². The van der Waals surface area contributed by atoms with Crippen molar-refractivity contribution in [2.75, 3.05) is 26.4 Å². The van der Waals surface area contributed by atoms with E-state index in [0.29, 0.717) is 24.3 Å². The summed E-state index contributed by atoms with van der Waals surface area (Å²) in [6.45, 7) is 4.76. The second-order valence-corrected chi connectivity index (χ2v) is 10.7. The van der Waals surface area contributed by atoms with E-state index in [2.05, 4.69) is 21.8 Å². The van der Waals surface area contributed by atoms with Crippen molar-refractivity contribution in [2.45, 2.75) is 37.4 Å². The fourth-order valence-electron chi connectivity index (χ4n) is 3.15. The Morgan fingerprint density at radius 2 is 1.85 bits per heavy atom. The molecule has 1 fully saturated rings. The average molecular weight is 487 g/mol. The van der Waals surface area contributed by atoms with Crippen LogP contribution in [-0.2, 0) is 10.8 Å². The first-order valence-electron chi connectivity index (χ1n) is 10.8. The molecule has 0 saturated carbocycles. The van der Waals surface area contributed by atoms with Gasteiger partial charge in [0.2, 0.25) is 0 Å². The number of fused-ring (bicyclic) bond motifs is 1. The molecule has 0 aliphatic carbocycles. The number of alkyl halides is 2. The van der Waals surface area contributed by atoms with Gasteiger partial charge in [0.25, 0.3) is 5.92 Å². The number of hydrogen-bond donors (Lipinski definition) is 0. The molecule has 3 aromatic rings. The topological polar surface area (TPSA) is 68.1 Å². The minimum Gasteiger partial charge on any atom is -0.306 e. The summed E-state index contributed by atoms with van der Waals surface area (Å²) < 4.78 is 37.7. The highest BCUT2D eigenvalue weighted by Gasteiger charge is 2.32. The van der Waals surface area contributed by atoms with Gasteiger partial charge in [0.05, 0.1) is 11.9 Å². The zero-order chi connectivity index (χ0) is 24.9. The average Bonchev–Trinajstić information content (AvgIpc) is 3.23. The maximum Gasteiger partial charge on any atom is 0.250 e. The SMILES string of the molecule is CN1CCC(F)(F)CC1.CS(=O)C(C)(C)C#Cc1ccc(-n2ccc3cc(C=O)cnc32)cn1. The molecular formula is C25H28F2N4O2S. The molecule has 3 aromatic heterocycles. The molecule has 0 bridgehead atoms. The van der Waals surface area contributed by atoms with Crippen LogP contribution in [0.25, 0.3) is 16.7 Å². The molecular weight excluding hydrogens is 458 g/mol. The molecule has 1 aliphatic heterocycles. The summed E-state index contributed by atoms with van der Waals surface area (Å²) in [6, 6.07) is 7.43. The first kappa shape index (κ1) is 25.7. The van der Waals surface area contributed by atoms with E-state index in [1.807, 2.05) is 54.8 Å².